The van der Waals surface area contributed by atoms with Crippen LogP contribution in [0.2, 0.25) is 0 Å². The minimum atomic E-state index is -0.0373. The third-order valence-corrected chi connectivity index (χ3v) is 4.14. The van der Waals surface area contributed by atoms with Gasteiger partial charge in [0.25, 0.3) is 0 Å². The van der Waals surface area contributed by atoms with Crippen LogP contribution < -0.4 is 10.6 Å². The average molecular weight is 254 g/mol. The molecule has 0 spiro atoms. The van der Waals surface area contributed by atoms with Gasteiger partial charge in [0.1, 0.15) is 6.54 Å². The maximum atomic E-state index is 11.2. The van der Waals surface area contributed by atoms with Crippen molar-refractivity contribution in [2.75, 3.05) is 18.1 Å². The lowest BCUT2D eigenvalue weighted by Gasteiger charge is -2.10. The molecule has 17 heavy (non-hydrogen) atoms. The number of nitrogens with zero attached hydrogens (tertiary/aromatic N) is 2. The number of anilines is 1. The van der Waals surface area contributed by atoms with Gasteiger partial charge in [-0.1, -0.05) is 6.92 Å². The van der Waals surface area contributed by atoms with Crippen molar-refractivity contribution >= 4 is 23.4 Å². The molecule has 1 aliphatic heterocycles. The van der Waals surface area contributed by atoms with Gasteiger partial charge in [0.2, 0.25) is 5.91 Å². The van der Waals surface area contributed by atoms with Crippen molar-refractivity contribution in [3.8, 4) is 0 Å². The van der Waals surface area contributed by atoms with Gasteiger partial charge >= 0.3 is 0 Å². The van der Waals surface area contributed by atoms with E-state index in [1.807, 2.05) is 18.0 Å². The van der Waals surface area contributed by atoms with Gasteiger partial charge in [0.05, 0.1) is 11.9 Å². The molecule has 2 heterocycles. The van der Waals surface area contributed by atoms with E-state index < -0.39 is 0 Å². The van der Waals surface area contributed by atoms with Crippen LogP contribution in [0.25, 0.3) is 0 Å². The molecule has 2 unspecified atom stereocenters. The van der Waals surface area contributed by atoms with Crippen LogP contribution in [-0.4, -0.2) is 39.8 Å². The summed E-state index contributed by atoms with van der Waals surface area (Å²) in [6, 6.07) is 0.521. The molecule has 0 saturated carbocycles. The van der Waals surface area contributed by atoms with Crippen LogP contribution in [0.15, 0.2) is 12.4 Å². The quantitative estimate of drug-likeness (QED) is 0.839. The Labute approximate surface area is 105 Å². The summed E-state index contributed by atoms with van der Waals surface area (Å²) in [5.41, 5.74) is 0.994. The molecule has 0 aromatic carbocycles. The van der Waals surface area contributed by atoms with Crippen LogP contribution in [0.3, 0.4) is 0 Å². The van der Waals surface area contributed by atoms with E-state index in [0.717, 1.165) is 16.7 Å². The van der Waals surface area contributed by atoms with Gasteiger partial charge in [-0.15, -0.1) is 0 Å². The third kappa shape index (κ3) is 3.39. The number of likely N-dealkylation sites (N-methyl/N-ethyl adjacent to an activating group) is 1. The molecule has 1 aromatic heterocycles. The maximum absolute atomic E-state index is 11.2. The standard InChI is InChI=1S/C11H18N4OS/c1-8-3-9(7-17-8)14-10-4-13-15(5-10)6-11(16)12-2/h4-5,8-9,14H,3,6-7H2,1-2H3,(H,12,16). The molecule has 0 bridgehead atoms. The van der Waals surface area contributed by atoms with E-state index in [2.05, 4.69) is 22.7 Å². The fraction of sp³-hybridized carbons (Fsp3) is 0.636. The molecule has 1 aromatic rings. The summed E-state index contributed by atoms with van der Waals surface area (Å²) in [7, 11) is 1.63. The van der Waals surface area contributed by atoms with Crippen LogP contribution >= 0.6 is 11.8 Å². The first-order chi connectivity index (χ1) is 8.17. The van der Waals surface area contributed by atoms with Crippen molar-refractivity contribution in [1.82, 2.24) is 15.1 Å². The number of rotatable bonds is 4. The minimum Gasteiger partial charge on any atom is -0.379 e. The Balaban J connectivity index is 1.87. The Kier molecular flexibility index (Phi) is 3.93. The molecule has 1 amide bonds. The topological polar surface area (TPSA) is 59.0 Å². The van der Waals surface area contributed by atoms with E-state index in [9.17, 15) is 4.79 Å². The average Bonchev–Trinajstić information content (AvgIpc) is 2.89. The van der Waals surface area contributed by atoms with Gasteiger partial charge in [0, 0.05) is 30.3 Å². The molecule has 0 aliphatic carbocycles. The smallest absolute Gasteiger partial charge is 0.241 e. The fourth-order valence-electron chi connectivity index (χ4n) is 1.90. The number of hydrogen-bond acceptors (Lipinski definition) is 4. The van der Waals surface area contributed by atoms with E-state index in [4.69, 9.17) is 0 Å². The third-order valence-electron chi connectivity index (χ3n) is 2.79. The summed E-state index contributed by atoms with van der Waals surface area (Å²) >= 11 is 1.99. The predicted molar refractivity (Wildman–Crippen MR) is 70.2 cm³/mol. The van der Waals surface area contributed by atoms with Crippen LogP contribution in [0.4, 0.5) is 5.69 Å². The second kappa shape index (κ2) is 5.44. The monoisotopic (exact) mass is 254 g/mol. The Morgan fingerprint density at radius 1 is 1.71 bits per heavy atom. The Hall–Kier alpha value is -1.17. The zero-order valence-electron chi connectivity index (χ0n) is 10.1. The van der Waals surface area contributed by atoms with Gasteiger partial charge in [0.15, 0.2) is 0 Å². The summed E-state index contributed by atoms with van der Waals surface area (Å²) in [5, 5.41) is 10.9. The van der Waals surface area contributed by atoms with Crippen molar-refractivity contribution in [1.29, 1.82) is 0 Å². The van der Waals surface area contributed by atoms with Crippen LogP contribution in [0.1, 0.15) is 13.3 Å². The predicted octanol–water partition coefficient (Wildman–Crippen LogP) is 0.935. The number of carbonyl (C=O) groups is 1. The first-order valence-electron chi connectivity index (χ1n) is 5.78. The molecule has 6 heteroatoms. The molecular weight excluding hydrogens is 236 g/mol. The number of nitrogens with one attached hydrogen (secondary N) is 2. The molecule has 2 rings (SSSR count). The highest BCUT2D eigenvalue weighted by Gasteiger charge is 2.21. The molecule has 1 saturated heterocycles. The normalized spacial score (nSPS) is 23.6. The van der Waals surface area contributed by atoms with Crippen molar-refractivity contribution in [3.05, 3.63) is 12.4 Å². The molecule has 1 aliphatic rings. The van der Waals surface area contributed by atoms with E-state index in [1.54, 1.807) is 17.9 Å². The molecule has 94 valence electrons. The highest BCUT2D eigenvalue weighted by molar-refractivity contribution is 8.00. The zero-order chi connectivity index (χ0) is 12.3. The Morgan fingerprint density at radius 2 is 2.53 bits per heavy atom. The van der Waals surface area contributed by atoms with Gasteiger partial charge in [-0.25, -0.2) is 0 Å². The minimum absolute atomic E-state index is 0.0373. The van der Waals surface area contributed by atoms with E-state index in [-0.39, 0.29) is 12.5 Å². The maximum Gasteiger partial charge on any atom is 0.241 e. The van der Waals surface area contributed by atoms with Gasteiger partial charge in [-0.3, -0.25) is 9.48 Å². The molecule has 1 fully saturated rings. The van der Waals surface area contributed by atoms with Gasteiger partial charge in [-0.2, -0.15) is 16.9 Å². The van der Waals surface area contributed by atoms with E-state index >= 15 is 0 Å². The molecule has 2 N–H and O–H groups in total. The molecule has 2 atom stereocenters. The lowest BCUT2D eigenvalue weighted by Crippen LogP contribution is -2.23. The largest absolute Gasteiger partial charge is 0.379 e. The Morgan fingerprint density at radius 3 is 3.18 bits per heavy atom. The highest BCUT2D eigenvalue weighted by atomic mass is 32.2. The highest BCUT2D eigenvalue weighted by Crippen LogP contribution is 2.28. The summed E-state index contributed by atoms with van der Waals surface area (Å²) in [5.74, 6) is 1.10. The van der Waals surface area contributed by atoms with Gasteiger partial charge < -0.3 is 10.6 Å². The van der Waals surface area contributed by atoms with Crippen LogP contribution in [-0.2, 0) is 11.3 Å². The van der Waals surface area contributed by atoms with E-state index in [0.29, 0.717) is 6.04 Å². The summed E-state index contributed by atoms with van der Waals surface area (Å²) in [6.45, 7) is 2.52. The van der Waals surface area contributed by atoms with Crippen molar-refractivity contribution in [2.45, 2.75) is 31.2 Å². The molecule has 0 radical (unpaired) electrons. The molecular formula is C11H18N4OS. The van der Waals surface area contributed by atoms with Crippen molar-refractivity contribution in [3.63, 3.8) is 0 Å². The summed E-state index contributed by atoms with van der Waals surface area (Å²) in [4.78, 5) is 11.2. The SMILES string of the molecule is CNC(=O)Cn1cc(NC2CSC(C)C2)cn1. The number of amides is 1. The van der Waals surface area contributed by atoms with Crippen LogP contribution in [0.5, 0.6) is 0 Å². The fourth-order valence-corrected chi connectivity index (χ4v) is 3.05. The number of thioether (sulfide) groups is 1. The summed E-state index contributed by atoms with van der Waals surface area (Å²) in [6.07, 6.45) is 4.84. The first kappa shape index (κ1) is 12.3. The second-order valence-electron chi connectivity index (χ2n) is 4.32. The number of aromatic nitrogens is 2. The van der Waals surface area contributed by atoms with Crippen molar-refractivity contribution in [2.24, 2.45) is 0 Å². The van der Waals surface area contributed by atoms with Crippen molar-refractivity contribution < 1.29 is 4.79 Å². The second-order valence-corrected chi connectivity index (χ2v) is 5.79. The lowest BCUT2D eigenvalue weighted by molar-refractivity contribution is -0.121. The lowest BCUT2D eigenvalue weighted by atomic mass is 10.2. The summed E-state index contributed by atoms with van der Waals surface area (Å²) < 4.78 is 1.65. The van der Waals surface area contributed by atoms with Gasteiger partial charge in [-0.05, 0) is 6.42 Å². The number of hydrogen-bond donors (Lipinski definition) is 2. The Bertz CT molecular complexity index is 393. The number of carbonyl (C=O) groups excluding carboxylic acids is 1. The molecule has 5 nitrogen and oxygen atoms in total. The zero-order valence-corrected chi connectivity index (χ0v) is 11.0. The van der Waals surface area contributed by atoms with Crippen LogP contribution in [0, 0.1) is 0 Å². The van der Waals surface area contributed by atoms with E-state index in [1.165, 1.54) is 6.42 Å². The first-order valence-corrected chi connectivity index (χ1v) is 6.83.